The third-order valence-electron chi connectivity index (χ3n) is 1.82. The molecule has 7 heteroatoms. The van der Waals surface area contributed by atoms with Crippen molar-refractivity contribution < 1.29 is 0 Å². The smallest absolute Gasteiger partial charge is 0.228 e. The number of halogens is 2. The standard InChI is InChI=1S/C9H8Cl2N4S/c10-7-13-8(11)15-9(14-7)12-4-3-6-2-1-5-16-6/h1-2,5H,3-4H2,(H,12,13,14,15). The first-order chi connectivity index (χ1) is 7.74. The first-order valence-electron chi connectivity index (χ1n) is 4.57. The van der Waals surface area contributed by atoms with Gasteiger partial charge in [0, 0.05) is 11.4 Å². The van der Waals surface area contributed by atoms with Gasteiger partial charge in [0.25, 0.3) is 0 Å². The summed E-state index contributed by atoms with van der Waals surface area (Å²) >= 11 is 13.0. The van der Waals surface area contributed by atoms with Crippen molar-refractivity contribution in [1.82, 2.24) is 15.0 Å². The molecule has 0 spiro atoms. The molecule has 2 heterocycles. The van der Waals surface area contributed by atoms with E-state index in [1.54, 1.807) is 11.3 Å². The van der Waals surface area contributed by atoms with E-state index in [-0.39, 0.29) is 10.6 Å². The summed E-state index contributed by atoms with van der Waals surface area (Å²) in [6.07, 6.45) is 0.915. The Morgan fingerprint density at radius 1 is 1.19 bits per heavy atom. The molecule has 0 aliphatic heterocycles. The van der Waals surface area contributed by atoms with Crippen LogP contribution in [-0.4, -0.2) is 21.5 Å². The Hall–Kier alpha value is -0.910. The van der Waals surface area contributed by atoms with Crippen LogP contribution in [-0.2, 0) is 6.42 Å². The van der Waals surface area contributed by atoms with E-state index >= 15 is 0 Å². The van der Waals surface area contributed by atoms with Crippen LogP contribution in [0.3, 0.4) is 0 Å². The van der Waals surface area contributed by atoms with Crippen LogP contribution in [0.25, 0.3) is 0 Å². The van der Waals surface area contributed by atoms with E-state index in [0.29, 0.717) is 5.95 Å². The molecule has 0 aliphatic carbocycles. The van der Waals surface area contributed by atoms with Crippen molar-refractivity contribution in [3.63, 3.8) is 0 Å². The molecule has 4 nitrogen and oxygen atoms in total. The van der Waals surface area contributed by atoms with Crippen molar-refractivity contribution in [3.05, 3.63) is 33.0 Å². The number of hydrogen-bond acceptors (Lipinski definition) is 5. The molecule has 0 saturated carbocycles. The Balaban J connectivity index is 1.89. The zero-order chi connectivity index (χ0) is 11.4. The van der Waals surface area contributed by atoms with Crippen molar-refractivity contribution in [2.75, 3.05) is 11.9 Å². The topological polar surface area (TPSA) is 50.7 Å². The van der Waals surface area contributed by atoms with Crippen LogP contribution < -0.4 is 5.32 Å². The van der Waals surface area contributed by atoms with Gasteiger partial charge in [-0.2, -0.15) is 15.0 Å². The lowest BCUT2D eigenvalue weighted by atomic mass is 10.3. The normalized spacial score (nSPS) is 10.4. The zero-order valence-electron chi connectivity index (χ0n) is 8.15. The number of nitrogens with zero attached hydrogens (tertiary/aromatic N) is 3. The lowest BCUT2D eigenvalue weighted by molar-refractivity contribution is 0.973. The molecule has 0 saturated heterocycles. The number of thiophene rings is 1. The molecule has 2 aromatic heterocycles. The van der Waals surface area contributed by atoms with Gasteiger partial charge in [0.2, 0.25) is 16.5 Å². The number of nitrogens with one attached hydrogen (secondary N) is 1. The van der Waals surface area contributed by atoms with Gasteiger partial charge in [-0.15, -0.1) is 11.3 Å². The van der Waals surface area contributed by atoms with E-state index in [9.17, 15) is 0 Å². The summed E-state index contributed by atoms with van der Waals surface area (Å²) in [5.41, 5.74) is 0. The molecule has 16 heavy (non-hydrogen) atoms. The predicted octanol–water partition coefficient (Wildman–Crippen LogP) is 2.89. The summed E-state index contributed by atoms with van der Waals surface area (Å²) in [6, 6.07) is 4.11. The highest BCUT2D eigenvalue weighted by Crippen LogP contribution is 2.11. The van der Waals surface area contributed by atoms with E-state index in [1.807, 2.05) is 11.4 Å². The SMILES string of the molecule is Clc1nc(Cl)nc(NCCc2cccs2)n1. The van der Waals surface area contributed by atoms with Gasteiger partial charge in [-0.25, -0.2) is 0 Å². The van der Waals surface area contributed by atoms with Crippen molar-refractivity contribution in [2.45, 2.75) is 6.42 Å². The lowest BCUT2D eigenvalue weighted by Crippen LogP contribution is -2.08. The van der Waals surface area contributed by atoms with Gasteiger partial charge in [-0.1, -0.05) is 6.07 Å². The highest BCUT2D eigenvalue weighted by atomic mass is 35.5. The highest BCUT2D eigenvalue weighted by molar-refractivity contribution is 7.09. The van der Waals surface area contributed by atoms with Crippen LogP contribution in [0.1, 0.15) is 4.88 Å². The number of anilines is 1. The average molecular weight is 275 g/mol. The molecular weight excluding hydrogens is 267 g/mol. The van der Waals surface area contributed by atoms with Gasteiger partial charge in [0.05, 0.1) is 0 Å². The molecule has 2 aromatic rings. The van der Waals surface area contributed by atoms with Crippen LogP contribution >= 0.6 is 34.5 Å². The summed E-state index contributed by atoms with van der Waals surface area (Å²) in [5, 5.41) is 5.28. The molecular formula is C9H8Cl2N4S. The van der Waals surface area contributed by atoms with Gasteiger partial charge in [-0.3, -0.25) is 0 Å². The fraction of sp³-hybridized carbons (Fsp3) is 0.222. The summed E-state index contributed by atoms with van der Waals surface area (Å²) in [6.45, 7) is 0.733. The van der Waals surface area contributed by atoms with E-state index in [2.05, 4.69) is 26.3 Å². The van der Waals surface area contributed by atoms with E-state index < -0.39 is 0 Å². The van der Waals surface area contributed by atoms with Crippen LogP contribution in [0.2, 0.25) is 10.6 Å². The second-order valence-electron chi connectivity index (χ2n) is 2.95. The van der Waals surface area contributed by atoms with Gasteiger partial charge in [-0.05, 0) is 41.1 Å². The maximum atomic E-state index is 5.64. The third-order valence-corrected chi connectivity index (χ3v) is 3.09. The maximum absolute atomic E-state index is 5.64. The Labute approximate surface area is 107 Å². The monoisotopic (exact) mass is 274 g/mol. The molecule has 0 aliphatic rings. The van der Waals surface area contributed by atoms with Crippen LogP contribution in [0, 0.1) is 0 Å². The van der Waals surface area contributed by atoms with Crippen LogP contribution in [0.5, 0.6) is 0 Å². The van der Waals surface area contributed by atoms with E-state index in [4.69, 9.17) is 23.2 Å². The molecule has 0 aromatic carbocycles. The summed E-state index contributed by atoms with van der Waals surface area (Å²) in [5.74, 6) is 0.404. The summed E-state index contributed by atoms with van der Waals surface area (Å²) in [4.78, 5) is 12.8. The maximum Gasteiger partial charge on any atom is 0.228 e. The molecule has 0 bridgehead atoms. The highest BCUT2D eigenvalue weighted by Gasteiger charge is 2.02. The van der Waals surface area contributed by atoms with Gasteiger partial charge >= 0.3 is 0 Å². The Bertz CT molecular complexity index is 440. The van der Waals surface area contributed by atoms with Crippen LogP contribution in [0.4, 0.5) is 5.95 Å². The van der Waals surface area contributed by atoms with Gasteiger partial charge < -0.3 is 5.32 Å². The fourth-order valence-electron chi connectivity index (χ4n) is 1.16. The minimum atomic E-state index is 0.0959. The lowest BCUT2D eigenvalue weighted by Gasteiger charge is -2.03. The quantitative estimate of drug-likeness (QED) is 0.932. The minimum absolute atomic E-state index is 0.0959. The first-order valence-corrected chi connectivity index (χ1v) is 6.21. The van der Waals surface area contributed by atoms with E-state index in [0.717, 1.165) is 13.0 Å². The molecule has 0 fully saturated rings. The summed E-state index contributed by atoms with van der Waals surface area (Å²) < 4.78 is 0. The van der Waals surface area contributed by atoms with Crippen molar-refractivity contribution in [2.24, 2.45) is 0 Å². The van der Waals surface area contributed by atoms with Crippen LogP contribution in [0.15, 0.2) is 17.5 Å². The van der Waals surface area contributed by atoms with Crippen molar-refractivity contribution in [3.8, 4) is 0 Å². The van der Waals surface area contributed by atoms with Gasteiger partial charge in [0.1, 0.15) is 0 Å². The minimum Gasteiger partial charge on any atom is -0.354 e. The zero-order valence-corrected chi connectivity index (χ0v) is 10.5. The Kier molecular flexibility index (Phi) is 3.93. The van der Waals surface area contributed by atoms with Gasteiger partial charge in [0.15, 0.2) is 0 Å². The number of hydrogen-bond donors (Lipinski definition) is 1. The third kappa shape index (κ3) is 3.30. The predicted molar refractivity (Wildman–Crippen MR) is 66.4 cm³/mol. The number of rotatable bonds is 4. The Morgan fingerprint density at radius 3 is 2.56 bits per heavy atom. The first kappa shape index (κ1) is 11.6. The average Bonchev–Trinajstić information content (AvgIpc) is 2.69. The van der Waals surface area contributed by atoms with Crippen molar-refractivity contribution in [1.29, 1.82) is 0 Å². The molecule has 1 N–H and O–H groups in total. The molecule has 2 rings (SSSR count). The second kappa shape index (κ2) is 5.43. The summed E-state index contributed by atoms with van der Waals surface area (Å²) in [7, 11) is 0. The second-order valence-corrected chi connectivity index (χ2v) is 4.66. The largest absolute Gasteiger partial charge is 0.354 e. The number of aromatic nitrogens is 3. The Morgan fingerprint density at radius 2 is 1.94 bits per heavy atom. The molecule has 0 amide bonds. The molecule has 0 atom stereocenters. The molecule has 0 radical (unpaired) electrons. The molecule has 84 valence electrons. The van der Waals surface area contributed by atoms with Crippen molar-refractivity contribution >= 4 is 40.5 Å². The van der Waals surface area contributed by atoms with E-state index in [1.165, 1.54) is 4.88 Å². The molecule has 0 unspecified atom stereocenters. The fourth-order valence-corrected chi connectivity index (χ4v) is 2.23.